The van der Waals surface area contributed by atoms with E-state index in [1.54, 1.807) is 30.3 Å². The second-order valence-electron chi connectivity index (χ2n) is 5.43. The number of benzene rings is 2. The highest BCUT2D eigenvalue weighted by molar-refractivity contribution is 7.12. The van der Waals surface area contributed by atoms with Crippen LogP contribution in [-0.2, 0) is 6.61 Å². The number of rotatable bonds is 7. The van der Waals surface area contributed by atoms with E-state index >= 15 is 0 Å². The Balaban J connectivity index is 1.62. The number of hydrazone groups is 1. The standard InChI is InChI=1S/C19H15N3O4S/c23-19(18-6-3-11-27-18)21-20-12-15-4-1-2-5-17(15)26-13-14-7-9-16(10-8-14)22(24)25/h1-12H,13H2,(H,21,23). The number of ether oxygens (including phenoxy) is 1. The van der Waals surface area contributed by atoms with E-state index in [2.05, 4.69) is 10.5 Å². The third-order valence-electron chi connectivity index (χ3n) is 3.58. The second kappa shape index (κ2) is 8.72. The van der Waals surface area contributed by atoms with Crippen molar-refractivity contribution in [3.05, 3.63) is 92.2 Å². The van der Waals surface area contributed by atoms with Gasteiger partial charge in [-0.25, -0.2) is 5.43 Å². The van der Waals surface area contributed by atoms with Crippen molar-refractivity contribution < 1.29 is 14.5 Å². The molecule has 136 valence electrons. The molecular formula is C19H15N3O4S. The first-order chi connectivity index (χ1) is 13.1. The fourth-order valence-corrected chi connectivity index (χ4v) is 2.83. The molecule has 8 heteroatoms. The maximum atomic E-state index is 11.9. The molecule has 0 bridgehead atoms. The predicted octanol–water partition coefficient (Wildman–Crippen LogP) is 4.00. The fourth-order valence-electron chi connectivity index (χ4n) is 2.22. The van der Waals surface area contributed by atoms with Gasteiger partial charge in [0.15, 0.2) is 0 Å². The summed E-state index contributed by atoms with van der Waals surface area (Å²) in [5.74, 6) is 0.315. The Morgan fingerprint density at radius 1 is 1.15 bits per heavy atom. The molecule has 2 aromatic carbocycles. The van der Waals surface area contributed by atoms with Gasteiger partial charge in [0, 0.05) is 17.7 Å². The maximum absolute atomic E-state index is 11.9. The third-order valence-corrected chi connectivity index (χ3v) is 4.44. The molecule has 0 aliphatic carbocycles. The highest BCUT2D eigenvalue weighted by atomic mass is 32.1. The van der Waals surface area contributed by atoms with Crippen LogP contribution in [0.4, 0.5) is 5.69 Å². The van der Waals surface area contributed by atoms with Crippen LogP contribution in [-0.4, -0.2) is 17.0 Å². The molecule has 0 atom stereocenters. The number of amides is 1. The summed E-state index contributed by atoms with van der Waals surface area (Å²) in [6, 6.07) is 16.9. The molecule has 7 nitrogen and oxygen atoms in total. The number of nitrogens with zero attached hydrogens (tertiary/aromatic N) is 2. The van der Waals surface area contributed by atoms with Crippen LogP contribution >= 0.6 is 11.3 Å². The molecular weight excluding hydrogens is 366 g/mol. The van der Waals surface area contributed by atoms with Crippen LogP contribution in [0.15, 0.2) is 71.1 Å². The van der Waals surface area contributed by atoms with Crippen LogP contribution in [0.25, 0.3) is 0 Å². The molecule has 3 rings (SSSR count). The quantitative estimate of drug-likeness (QED) is 0.380. The van der Waals surface area contributed by atoms with Gasteiger partial charge in [-0.15, -0.1) is 11.3 Å². The average molecular weight is 381 g/mol. The Bertz CT molecular complexity index is 953. The monoisotopic (exact) mass is 381 g/mol. The van der Waals surface area contributed by atoms with Crippen LogP contribution in [0.5, 0.6) is 5.75 Å². The number of thiophene rings is 1. The summed E-state index contributed by atoms with van der Waals surface area (Å²) in [5, 5.41) is 16.5. The number of nitro benzene ring substituents is 1. The Hall–Kier alpha value is -3.52. The number of para-hydroxylation sites is 1. The minimum absolute atomic E-state index is 0.0350. The Morgan fingerprint density at radius 3 is 2.63 bits per heavy atom. The SMILES string of the molecule is O=C(NN=Cc1ccccc1OCc1ccc([N+](=O)[O-])cc1)c1cccs1. The zero-order valence-electron chi connectivity index (χ0n) is 14.1. The smallest absolute Gasteiger partial charge is 0.281 e. The lowest BCUT2D eigenvalue weighted by Gasteiger charge is -2.09. The van der Waals surface area contributed by atoms with E-state index in [-0.39, 0.29) is 18.2 Å². The van der Waals surface area contributed by atoms with Crippen LogP contribution in [0.3, 0.4) is 0 Å². The van der Waals surface area contributed by atoms with Gasteiger partial charge in [-0.1, -0.05) is 18.2 Å². The molecule has 0 unspecified atom stereocenters. The van der Waals surface area contributed by atoms with Crippen LogP contribution in [0.2, 0.25) is 0 Å². The van der Waals surface area contributed by atoms with Gasteiger partial charge >= 0.3 is 0 Å². The van der Waals surface area contributed by atoms with Crippen molar-refractivity contribution in [3.8, 4) is 5.75 Å². The highest BCUT2D eigenvalue weighted by Crippen LogP contribution is 2.19. The molecule has 0 spiro atoms. The van der Waals surface area contributed by atoms with Crippen molar-refractivity contribution in [2.75, 3.05) is 0 Å². The van der Waals surface area contributed by atoms with E-state index in [1.165, 1.54) is 29.7 Å². The molecule has 27 heavy (non-hydrogen) atoms. The molecule has 0 radical (unpaired) electrons. The molecule has 0 saturated heterocycles. The summed E-state index contributed by atoms with van der Waals surface area (Å²) in [4.78, 5) is 22.7. The van der Waals surface area contributed by atoms with Gasteiger partial charge < -0.3 is 4.74 Å². The number of hydrogen-bond acceptors (Lipinski definition) is 6. The van der Waals surface area contributed by atoms with Gasteiger partial charge in [-0.2, -0.15) is 5.10 Å². The number of carbonyl (C=O) groups is 1. The number of nitrogens with one attached hydrogen (secondary N) is 1. The van der Waals surface area contributed by atoms with Gasteiger partial charge in [-0.3, -0.25) is 14.9 Å². The van der Waals surface area contributed by atoms with Crippen molar-refractivity contribution in [3.63, 3.8) is 0 Å². The minimum atomic E-state index is -0.444. The van der Waals surface area contributed by atoms with Gasteiger partial charge in [-0.05, 0) is 41.3 Å². The van der Waals surface area contributed by atoms with Crippen LogP contribution < -0.4 is 10.2 Å². The zero-order chi connectivity index (χ0) is 19.1. The molecule has 1 N–H and O–H groups in total. The molecule has 1 heterocycles. The van der Waals surface area contributed by atoms with E-state index in [0.717, 1.165) is 5.56 Å². The van der Waals surface area contributed by atoms with E-state index in [0.29, 0.717) is 16.2 Å². The average Bonchev–Trinajstić information content (AvgIpc) is 3.22. The maximum Gasteiger partial charge on any atom is 0.281 e. The van der Waals surface area contributed by atoms with E-state index in [1.807, 2.05) is 23.6 Å². The lowest BCUT2D eigenvalue weighted by molar-refractivity contribution is -0.384. The van der Waals surface area contributed by atoms with Gasteiger partial charge in [0.25, 0.3) is 11.6 Å². The third kappa shape index (κ3) is 4.99. The highest BCUT2D eigenvalue weighted by Gasteiger charge is 2.07. The van der Waals surface area contributed by atoms with E-state index in [9.17, 15) is 14.9 Å². The molecule has 0 fully saturated rings. The number of hydrogen-bond donors (Lipinski definition) is 1. The largest absolute Gasteiger partial charge is 0.488 e. The second-order valence-corrected chi connectivity index (χ2v) is 6.37. The predicted molar refractivity (Wildman–Crippen MR) is 103 cm³/mol. The molecule has 1 amide bonds. The molecule has 0 aliphatic rings. The molecule has 0 saturated carbocycles. The topological polar surface area (TPSA) is 93.8 Å². The summed E-state index contributed by atoms with van der Waals surface area (Å²) >= 11 is 1.34. The lowest BCUT2D eigenvalue weighted by Crippen LogP contribution is -2.16. The fraction of sp³-hybridized carbons (Fsp3) is 0.0526. The van der Waals surface area contributed by atoms with Crippen molar-refractivity contribution in [2.24, 2.45) is 5.10 Å². The van der Waals surface area contributed by atoms with Gasteiger partial charge in [0.05, 0.1) is 16.0 Å². The summed E-state index contributed by atoms with van der Waals surface area (Å²) < 4.78 is 5.78. The molecule has 0 aliphatic heterocycles. The zero-order valence-corrected chi connectivity index (χ0v) is 14.9. The molecule has 1 aromatic heterocycles. The number of carbonyl (C=O) groups excluding carboxylic acids is 1. The van der Waals surface area contributed by atoms with Crippen molar-refractivity contribution >= 4 is 29.1 Å². The summed E-state index contributed by atoms with van der Waals surface area (Å²) in [6.07, 6.45) is 1.51. The Labute approximate surface area is 159 Å². The van der Waals surface area contributed by atoms with Crippen molar-refractivity contribution in [1.82, 2.24) is 5.43 Å². The van der Waals surface area contributed by atoms with Crippen molar-refractivity contribution in [1.29, 1.82) is 0 Å². The van der Waals surface area contributed by atoms with Gasteiger partial charge in [0.2, 0.25) is 0 Å². The normalized spacial score (nSPS) is 10.7. The van der Waals surface area contributed by atoms with Crippen molar-refractivity contribution in [2.45, 2.75) is 6.61 Å². The van der Waals surface area contributed by atoms with E-state index < -0.39 is 4.92 Å². The summed E-state index contributed by atoms with van der Waals surface area (Å²) in [5.41, 5.74) is 4.01. The summed E-state index contributed by atoms with van der Waals surface area (Å²) in [6.45, 7) is 0.254. The van der Waals surface area contributed by atoms with Crippen LogP contribution in [0, 0.1) is 10.1 Å². The number of non-ortho nitro benzene ring substituents is 1. The van der Waals surface area contributed by atoms with Crippen LogP contribution in [0.1, 0.15) is 20.8 Å². The summed E-state index contributed by atoms with van der Waals surface area (Å²) in [7, 11) is 0. The first-order valence-corrected chi connectivity index (χ1v) is 8.83. The molecule has 3 aromatic rings. The Kier molecular flexibility index (Phi) is 5.91. The van der Waals surface area contributed by atoms with E-state index in [4.69, 9.17) is 4.74 Å². The lowest BCUT2D eigenvalue weighted by atomic mass is 10.2. The number of nitro groups is 1. The minimum Gasteiger partial charge on any atom is -0.488 e. The van der Waals surface area contributed by atoms with Gasteiger partial charge in [0.1, 0.15) is 12.4 Å². The first kappa shape index (κ1) is 18.3. The Morgan fingerprint density at radius 2 is 1.93 bits per heavy atom. The first-order valence-electron chi connectivity index (χ1n) is 7.95.